The van der Waals surface area contributed by atoms with Crippen molar-refractivity contribution in [2.75, 3.05) is 6.54 Å². The normalized spacial score (nSPS) is 11.1. The lowest BCUT2D eigenvalue weighted by Gasteiger charge is -2.08. The van der Waals surface area contributed by atoms with E-state index in [0.29, 0.717) is 5.92 Å². The van der Waals surface area contributed by atoms with E-state index in [1.165, 1.54) is 10.5 Å². The van der Waals surface area contributed by atoms with Crippen LogP contribution in [0, 0.1) is 19.8 Å². The van der Waals surface area contributed by atoms with E-state index in [0.717, 1.165) is 29.6 Å². The fraction of sp³-hybridized carbons (Fsp3) is 0.412. The van der Waals surface area contributed by atoms with E-state index in [4.69, 9.17) is 0 Å². The first-order valence-corrected chi connectivity index (χ1v) is 8.14. The van der Waals surface area contributed by atoms with Gasteiger partial charge in [-0.3, -0.25) is 0 Å². The molecule has 1 N–H and O–H groups in total. The first-order valence-electron chi connectivity index (χ1n) is 7.33. The lowest BCUT2D eigenvalue weighted by molar-refractivity contribution is 0.552. The van der Waals surface area contributed by atoms with Gasteiger partial charge in [0.05, 0.1) is 0 Å². The summed E-state index contributed by atoms with van der Waals surface area (Å²) >= 11 is 1.61. The molecule has 0 fully saturated rings. The van der Waals surface area contributed by atoms with Crippen molar-refractivity contribution < 1.29 is 0 Å². The number of nitrogens with zero attached hydrogens (tertiary/aromatic N) is 2. The Hall–Kier alpha value is -1.39. The maximum absolute atomic E-state index is 4.46. The molecule has 0 saturated heterocycles. The molecule has 112 valence electrons. The minimum absolute atomic E-state index is 0.682. The van der Waals surface area contributed by atoms with Crippen molar-refractivity contribution >= 4 is 11.8 Å². The monoisotopic (exact) mass is 301 g/mol. The van der Waals surface area contributed by atoms with E-state index in [2.05, 4.69) is 53.4 Å². The van der Waals surface area contributed by atoms with Gasteiger partial charge in [-0.15, -0.1) is 0 Å². The first-order chi connectivity index (χ1) is 10.0. The third-order valence-corrected chi connectivity index (χ3v) is 3.85. The fourth-order valence-electron chi connectivity index (χ4n) is 2.03. The van der Waals surface area contributed by atoms with Crippen LogP contribution in [0.4, 0.5) is 0 Å². The molecule has 0 aliphatic carbocycles. The number of aryl methyl sites for hydroxylation is 2. The van der Waals surface area contributed by atoms with E-state index in [1.807, 2.05) is 19.9 Å². The molecule has 1 aromatic carbocycles. The van der Waals surface area contributed by atoms with Crippen LogP contribution < -0.4 is 5.32 Å². The van der Waals surface area contributed by atoms with Gasteiger partial charge in [0, 0.05) is 22.8 Å². The van der Waals surface area contributed by atoms with Gasteiger partial charge in [0.15, 0.2) is 5.16 Å². The SMILES string of the molecule is Cc1cc(C)nc(Sc2ccc(CNCC(C)C)cc2)n1. The van der Waals surface area contributed by atoms with Crippen LogP contribution in [0.15, 0.2) is 40.4 Å². The molecule has 0 saturated carbocycles. The molecule has 2 aromatic rings. The summed E-state index contributed by atoms with van der Waals surface area (Å²) in [5.74, 6) is 0.682. The highest BCUT2D eigenvalue weighted by Crippen LogP contribution is 2.25. The minimum Gasteiger partial charge on any atom is -0.312 e. The average molecular weight is 301 g/mol. The molecular formula is C17H23N3S. The van der Waals surface area contributed by atoms with Gasteiger partial charge in [0.1, 0.15) is 0 Å². The van der Waals surface area contributed by atoms with Crippen LogP contribution >= 0.6 is 11.8 Å². The number of rotatable bonds is 6. The molecule has 0 spiro atoms. The summed E-state index contributed by atoms with van der Waals surface area (Å²) in [5.41, 5.74) is 3.33. The third-order valence-electron chi connectivity index (χ3n) is 2.98. The fourth-order valence-corrected chi connectivity index (χ4v) is 2.89. The summed E-state index contributed by atoms with van der Waals surface area (Å²) < 4.78 is 0. The molecule has 21 heavy (non-hydrogen) atoms. The molecule has 3 nitrogen and oxygen atoms in total. The van der Waals surface area contributed by atoms with Crippen molar-refractivity contribution in [2.24, 2.45) is 5.92 Å². The van der Waals surface area contributed by atoms with Gasteiger partial charge in [-0.2, -0.15) is 0 Å². The second-order valence-corrected chi connectivity index (χ2v) is 6.74. The van der Waals surface area contributed by atoms with Gasteiger partial charge in [-0.05, 0) is 61.8 Å². The molecule has 2 rings (SSSR count). The Morgan fingerprint density at radius 1 is 1.05 bits per heavy atom. The van der Waals surface area contributed by atoms with Crippen molar-refractivity contribution in [2.45, 2.75) is 44.3 Å². The number of nitrogens with one attached hydrogen (secondary N) is 1. The average Bonchev–Trinajstić information content (AvgIpc) is 2.39. The Labute approximate surface area is 131 Å². The Morgan fingerprint density at radius 2 is 1.67 bits per heavy atom. The smallest absolute Gasteiger partial charge is 0.192 e. The highest BCUT2D eigenvalue weighted by atomic mass is 32.2. The third kappa shape index (κ3) is 5.48. The highest BCUT2D eigenvalue weighted by molar-refractivity contribution is 7.99. The molecular weight excluding hydrogens is 278 g/mol. The zero-order valence-corrected chi connectivity index (χ0v) is 14.0. The predicted molar refractivity (Wildman–Crippen MR) is 88.6 cm³/mol. The van der Waals surface area contributed by atoms with Crippen molar-refractivity contribution in [3.8, 4) is 0 Å². The van der Waals surface area contributed by atoms with Crippen LogP contribution in [0.1, 0.15) is 30.8 Å². The van der Waals surface area contributed by atoms with Gasteiger partial charge < -0.3 is 5.32 Å². The number of hydrogen-bond donors (Lipinski definition) is 1. The zero-order valence-electron chi connectivity index (χ0n) is 13.2. The van der Waals surface area contributed by atoms with Gasteiger partial charge in [-0.25, -0.2) is 9.97 Å². The molecule has 0 aliphatic rings. The Balaban J connectivity index is 1.95. The summed E-state index contributed by atoms with van der Waals surface area (Å²) in [6, 6.07) is 10.6. The molecule has 0 unspecified atom stereocenters. The van der Waals surface area contributed by atoms with Crippen LogP contribution in [0.3, 0.4) is 0 Å². The summed E-state index contributed by atoms with van der Waals surface area (Å²) in [4.78, 5) is 10.1. The second-order valence-electron chi connectivity index (χ2n) is 5.70. The summed E-state index contributed by atoms with van der Waals surface area (Å²) in [7, 11) is 0. The highest BCUT2D eigenvalue weighted by Gasteiger charge is 2.03. The largest absolute Gasteiger partial charge is 0.312 e. The Kier molecular flexibility index (Phi) is 5.76. The number of benzene rings is 1. The predicted octanol–water partition coefficient (Wildman–Crippen LogP) is 3.99. The van der Waals surface area contributed by atoms with Crippen LogP contribution in [0.25, 0.3) is 0 Å². The molecule has 0 aliphatic heterocycles. The Bertz CT molecular complexity index is 559. The summed E-state index contributed by atoms with van der Waals surface area (Å²) in [6.07, 6.45) is 0. The van der Waals surface area contributed by atoms with Crippen molar-refractivity contribution in [1.29, 1.82) is 0 Å². The summed E-state index contributed by atoms with van der Waals surface area (Å²) in [6.45, 7) is 10.4. The van der Waals surface area contributed by atoms with Crippen molar-refractivity contribution in [3.63, 3.8) is 0 Å². The van der Waals surface area contributed by atoms with Crippen molar-refractivity contribution in [1.82, 2.24) is 15.3 Å². The maximum atomic E-state index is 4.46. The quantitative estimate of drug-likeness (QED) is 0.819. The molecule has 1 heterocycles. The van der Waals surface area contributed by atoms with Crippen molar-refractivity contribution in [3.05, 3.63) is 47.3 Å². The lowest BCUT2D eigenvalue weighted by atomic mass is 10.2. The van der Waals surface area contributed by atoms with E-state index >= 15 is 0 Å². The van der Waals surface area contributed by atoms with Gasteiger partial charge in [-0.1, -0.05) is 26.0 Å². The van der Waals surface area contributed by atoms with Crippen LogP contribution in [-0.2, 0) is 6.54 Å². The molecule has 4 heteroatoms. The van der Waals surface area contributed by atoms with E-state index in [1.54, 1.807) is 11.8 Å². The molecule has 1 aromatic heterocycles. The van der Waals surface area contributed by atoms with E-state index in [-0.39, 0.29) is 0 Å². The lowest BCUT2D eigenvalue weighted by Crippen LogP contribution is -2.18. The van der Waals surface area contributed by atoms with Crippen LogP contribution in [0.2, 0.25) is 0 Å². The zero-order chi connectivity index (χ0) is 15.2. The van der Waals surface area contributed by atoms with Crippen LogP contribution in [0.5, 0.6) is 0 Å². The van der Waals surface area contributed by atoms with E-state index < -0.39 is 0 Å². The van der Waals surface area contributed by atoms with Gasteiger partial charge >= 0.3 is 0 Å². The van der Waals surface area contributed by atoms with E-state index in [9.17, 15) is 0 Å². The molecule has 0 radical (unpaired) electrons. The maximum Gasteiger partial charge on any atom is 0.192 e. The summed E-state index contributed by atoms with van der Waals surface area (Å²) in [5, 5.41) is 4.27. The molecule has 0 amide bonds. The Morgan fingerprint density at radius 3 is 2.24 bits per heavy atom. The first kappa shape index (κ1) is 16.0. The second kappa shape index (κ2) is 7.57. The number of aromatic nitrogens is 2. The van der Waals surface area contributed by atoms with Gasteiger partial charge in [0.2, 0.25) is 0 Å². The molecule has 0 bridgehead atoms. The molecule has 0 atom stereocenters. The standard InChI is InChI=1S/C17H23N3S/c1-12(2)10-18-11-15-5-7-16(8-6-15)21-17-19-13(3)9-14(4)20-17/h5-9,12,18H,10-11H2,1-4H3. The topological polar surface area (TPSA) is 37.8 Å². The van der Waals surface area contributed by atoms with Gasteiger partial charge in [0.25, 0.3) is 0 Å². The minimum atomic E-state index is 0.682. The van der Waals surface area contributed by atoms with Crippen LogP contribution in [-0.4, -0.2) is 16.5 Å². The number of hydrogen-bond acceptors (Lipinski definition) is 4.